The third-order valence-electron chi connectivity index (χ3n) is 4.29. The Balaban J connectivity index is 0.000000318. The van der Waals surface area contributed by atoms with Gasteiger partial charge in [-0.1, -0.05) is 6.07 Å². The second-order valence-corrected chi connectivity index (χ2v) is 7.30. The normalized spacial score (nSPS) is 13.8. The monoisotopic (exact) mass is 440 g/mol. The summed E-state index contributed by atoms with van der Waals surface area (Å²) in [6.45, 7) is 3.54. The highest BCUT2D eigenvalue weighted by Gasteiger charge is 2.38. The van der Waals surface area contributed by atoms with E-state index >= 15 is 0 Å². The lowest BCUT2D eigenvalue weighted by molar-refractivity contribution is -0.192. The summed E-state index contributed by atoms with van der Waals surface area (Å²) >= 11 is 1.61. The predicted molar refractivity (Wildman–Crippen MR) is 104 cm³/mol. The molecule has 1 aliphatic rings. The van der Waals surface area contributed by atoms with E-state index in [1.165, 1.54) is 11.3 Å². The van der Waals surface area contributed by atoms with E-state index in [0.717, 1.165) is 49.1 Å². The maximum atomic E-state index is 10.6. The molecule has 0 bridgehead atoms. The molecule has 0 aliphatic carbocycles. The molecule has 0 unspecified atom stereocenters. The van der Waals surface area contributed by atoms with E-state index in [4.69, 9.17) is 9.90 Å². The van der Waals surface area contributed by atoms with Gasteiger partial charge in [0.2, 0.25) is 0 Å². The molecule has 0 fully saturated rings. The molecule has 30 heavy (non-hydrogen) atoms. The van der Waals surface area contributed by atoms with Crippen molar-refractivity contribution < 1.29 is 23.1 Å². The number of carbonyl (C=O) groups is 1. The average Bonchev–Trinajstić information content (AvgIpc) is 3.36. The van der Waals surface area contributed by atoms with E-state index in [1.807, 2.05) is 29.9 Å². The van der Waals surface area contributed by atoms with Crippen LogP contribution in [0.15, 0.2) is 36.0 Å². The Labute approximate surface area is 173 Å². The standard InChI is InChI=1S/C16H18N6S.C2HF3O2/c1-2-5-17-12(3-1)10-22-7-4-13-14(20-21-15(13)11-22)9-19-16-18-6-8-23-16;3-2(4,5)1(6)7/h1-3,5-6,8H,4,7,9-11H2,(H,18,19)(H,20,21);(H,6,7). The third kappa shape index (κ3) is 6.00. The van der Waals surface area contributed by atoms with Crippen molar-refractivity contribution in [3.63, 3.8) is 0 Å². The molecule has 0 spiro atoms. The smallest absolute Gasteiger partial charge is 0.475 e. The zero-order valence-electron chi connectivity index (χ0n) is 15.7. The number of halogens is 3. The van der Waals surface area contributed by atoms with E-state index in [-0.39, 0.29) is 0 Å². The first-order chi connectivity index (χ1) is 14.3. The van der Waals surface area contributed by atoms with Crippen LogP contribution in [0.2, 0.25) is 0 Å². The Morgan fingerprint density at radius 2 is 2.10 bits per heavy atom. The molecule has 3 N–H and O–H groups in total. The second kappa shape index (κ2) is 9.67. The van der Waals surface area contributed by atoms with Gasteiger partial charge in [-0.3, -0.25) is 15.0 Å². The summed E-state index contributed by atoms with van der Waals surface area (Å²) in [4.78, 5) is 19.9. The molecule has 3 aromatic heterocycles. The molecule has 0 radical (unpaired) electrons. The number of carboxylic acid groups (broad SMARTS) is 1. The van der Waals surface area contributed by atoms with Gasteiger partial charge in [0.15, 0.2) is 5.13 Å². The molecule has 8 nitrogen and oxygen atoms in total. The molecule has 12 heteroatoms. The van der Waals surface area contributed by atoms with Crippen molar-refractivity contribution in [3.8, 4) is 0 Å². The Kier molecular flexibility index (Phi) is 7.00. The number of rotatable bonds is 5. The molecule has 160 valence electrons. The number of pyridine rings is 1. The van der Waals surface area contributed by atoms with Crippen LogP contribution in [-0.4, -0.2) is 48.9 Å². The maximum absolute atomic E-state index is 10.6. The van der Waals surface area contributed by atoms with E-state index < -0.39 is 12.1 Å². The highest BCUT2D eigenvalue weighted by molar-refractivity contribution is 7.13. The molecule has 0 saturated heterocycles. The molecular weight excluding hydrogens is 421 g/mol. The van der Waals surface area contributed by atoms with E-state index in [2.05, 4.69) is 36.4 Å². The fraction of sp³-hybridized carbons (Fsp3) is 0.333. The van der Waals surface area contributed by atoms with Gasteiger partial charge in [0.05, 0.1) is 23.6 Å². The number of fused-ring (bicyclic) bond motifs is 1. The first kappa shape index (κ1) is 21.7. The minimum absolute atomic E-state index is 0.722. The molecule has 4 heterocycles. The molecule has 1 aliphatic heterocycles. The van der Waals surface area contributed by atoms with Crippen LogP contribution in [0, 0.1) is 0 Å². The Bertz CT molecular complexity index is 947. The van der Waals surface area contributed by atoms with Gasteiger partial charge in [0.1, 0.15) is 0 Å². The molecule has 3 aromatic rings. The van der Waals surface area contributed by atoms with Crippen LogP contribution in [0.25, 0.3) is 0 Å². The van der Waals surface area contributed by atoms with Crippen molar-refractivity contribution in [3.05, 3.63) is 58.6 Å². The van der Waals surface area contributed by atoms with Gasteiger partial charge in [-0.25, -0.2) is 9.78 Å². The molecule has 0 amide bonds. The molecule has 4 rings (SSSR count). The van der Waals surface area contributed by atoms with Crippen molar-refractivity contribution >= 4 is 22.4 Å². The summed E-state index contributed by atoms with van der Waals surface area (Å²) in [5.41, 5.74) is 4.79. The predicted octanol–water partition coefficient (Wildman–Crippen LogP) is 3.06. The summed E-state index contributed by atoms with van der Waals surface area (Å²) < 4.78 is 31.7. The lowest BCUT2D eigenvalue weighted by Gasteiger charge is -2.26. The molecule has 0 aromatic carbocycles. The number of aromatic nitrogens is 4. The van der Waals surface area contributed by atoms with E-state index in [1.54, 1.807) is 11.3 Å². The van der Waals surface area contributed by atoms with Crippen molar-refractivity contribution in [1.29, 1.82) is 0 Å². The van der Waals surface area contributed by atoms with Gasteiger partial charge in [0, 0.05) is 43.0 Å². The zero-order chi connectivity index (χ0) is 21.6. The van der Waals surface area contributed by atoms with Gasteiger partial charge in [-0.05, 0) is 18.6 Å². The number of nitrogens with one attached hydrogen (secondary N) is 2. The molecular formula is C18H19F3N6O2S. The van der Waals surface area contributed by atoms with Gasteiger partial charge >= 0.3 is 12.1 Å². The number of nitrogens with zero attached hydrogens (tertiary/aromatic N) is 4. The second-order valence-electron chi connectivity index (χ2n) is 6.40. The van der Waals surface area contributed by atoms with Gasteiger partial charge in [0.25, 0.3) is 0 Å². The first-order valence-electron chi connectivity index (χ1n) is 8.93. The minimum atomic E-state index is -5.08. The lowest BCUT2D eigenvalue weighted by atomic mass is 10.0. The number of anilines is 1. The number of thiazole rings is 1. The minimum Gasteiger partial charge on any atom is -0.475 e. The van der Waals surface area contributed by atoms with Crippen molar-refractivity contribution in [1.82, 2.24) is 25.1 Å². The van der Waals surface area contributed by atoms with Gasteiger partial charge < -0.3 is 10.4 Å². The van der Waals surface area contributed by atoms with E-state index in [0.29, 0.717) is 0 Å². The quantitative estimate of drug-likeness (QED) is 0.560. The summed E-state index contributed by atoms with van der Waals surface area (Å²) in [5, 5.41) is 21.1. The summed E-state index contributed by atoms with van der Waals surface area (Å²) in [5.74, 6) is -2.76. The number of hydrogen-bond acceptors (Lipinski definition) is 7. The number of carboxylic acids is 1. The SMILES string of the molecule is O=C(O)C(F)(F)F.c1ccc(CN2CCc3c(CNc4nccs4)n[nH]c3C2)nc1. The summed E-state index contributed by atoms with van der Waals surface area (Å²) in [7, 11) is 0. The zero-order valence-corrected chi connectivity index (χ0v) is 16.5. The van der Waals surface area contributed by atoms with Crippen molar-refractivity contribution in [2.75, 3.05) is 11.9 Å². The molecule has 0 saturated carbocycles. The Morgan fingerprint density at radius 1 is 1.30 bits per heavy atom. The first-order valence-corrected chi connectivity index (χ1v) is 9.81. The average molecular weight is 440 g/mol. The van der Waals surface area contributed by atoms with Gasteiger partial charge in [-0.2, -0.15) is 18.3 Å². The Morgan fingerprint density at radius 3 is 2.73 bits per heavy atom. The highest BCUT2D eigenvalue weighted by Crippen LogP contribution is 2.22. The summed E-state index contributed by atoms with van der Waals surface area (Å²) in [6.07, 6.45) is -0.403. The molecule has 0 atom stereocenters. The number of H-pyrrole nitrogens is 1. The number of alkyl halides is 3. The number of aromatic amines is 1. The van der Waals surface area contributed by atoms with Crippen LogP contribution in [0.5, 0.6) is 0 Å². The summed E-state index contributed by atoms with van der Waals surface area (Å²) in [6, 6.07) is 6.07. The number of aliphatic carboxylic acids is 1. The van der Waals surface area contributed by atoms with E-state index in [9.17, 15) is 13.2 Å². The fourth-order valence-corrected chi connectivity index (χ4v) is 3.44. The van der Waals surface area contributed by atoms with Crippen LogP contribution in [0.4, 0.5) is 18.3 Å². The van der Waals surface area contributed by atoms with Crippen molar-refractivity contribution in [2.45, 2.75) is 32.2 Å². The highest BCUT2D eigenvalue weighted by atomic mass is 32.1. The fourth-order valence-electron chi connectivity index (χ4n) is 2.91. The maximum Gasteiger partial charge on any atom is 0.490 e. The number of hydrogen-bond donors (Lipinski definition) is 3. The largest absolute Gasteiger partial charge is 0.490 e. The van der Waals surface area contributed by atoms with Crippen molar-refractivity contribution in [2.24, 2.45) is 0 Å². The van der Waals surface area contributed by atoms with Crippen LogP contribution >= 0.6 is 11.3 Å². The lowest BCUT2D eigenvalue weighted by Crippen LogP contribution is -2.30. The van der Waals surface area contributed by atoms with Crippen LogP contribution in [0.1, 0.15) is 22.6 Å². The third-order valence-corrected chi connectivity index (χ3v) is 5.02. The van der Waals surface area contributed by atoms with Crippen LogP contribution in [0.3, 0.4) is 0 Å². The topological polar surface area (TPSA) is 107 Å². The van der Waals surface area contributed by atoms with Crippen LogP contribution in [-0.2, 0) is 30.8 Å². The van der Waals surface area contributed by atoms with Gasteiger partial charge in [-0.15, -0.1) is 11.3 Å². The van der Waals surface area contributed by atoms with Crippen LogP contribution < -0.4 is 5.32 Å². The Hall–Kier alpha value is -2.99.